The van der Waals surface area contributed by atoms with E-state index in [1.807, 2.05) is 6.07 Å². The van der Waals surface area contributed by atoms with Crippen LogP contribution in [0.15, 0.2) is 18.2 Å². The molecule has 0 bridgehead atoms. The summed E-state index contributed by atoms with van der Waals surface area (Å²) in [6.07, 6.45) is 3.44. The minimum absolute atomic E-state index is 0.0902. The number of piperidine rings is 1. The van der Waals surface area contributed by atoms with Crippen molar-refractivity contribution in [1.29, 1.82) is 0 Å². The van der Waals surface area contributed by atoms with Gasteiger partial charge in [0.2, 0.25) is 0 Å². The zero-order chi connectivity index (χ0) is 14.7. The van der Waals surface area contributed by atoms with Gasteiger partial charge in [0.25, 0.3) is 5.69 Å². The molecule has 0 atom stereocenters. The fourth-order valence-corrected chi connectivity index (χ4v) is 2.76. The van der Waals surface area contributed by atoms with Crippen molar-refractivity contribution in [2.75, 3.05) is 18.0 Å². The standard InChI is InChI=1S/C15H20N2O3/c1-3-12-6-8-16(9-7-12)13-4-5-14(11(2)18)15(10-13)17(19)20/h4-5,10,12H,3,6-9H2,1-2H3. The van der Waals surface area contributed by atoms with Crippen molar-refractivity contribution >= 4 is 17.2 Å². The number of hydrogen-bond acceptors (Lipinski definition) is 4. The van der Waals surface area contributed by atoms with Gasteiger partial charge in [0.15, 0.2) is 5.78 Å². The zero-order valence-corrected chi connectivity index (χ0v) is 12.0. The number of nitro benzene ring substituents is 1. The van der Waals surface area contributed by atoms with Crippen molar-refractivity contribution in [1.82, 2.24) is 0 Å². The maximum atomic E-state index is 11.4. The van der Waals surface area contributed by atoms with E-state index in [0.717, 1.165) is 37.5 Å². The first-order chi connectivity index (χ1) is 9.52. The first-order valence-corrected chi connectivity index (χ1v) is 7.07. The smallest absolute Gasteiger partial charge is 0.282 e. The fraction of sp³-hybridized carbons (Fsp3) is 0.533. The maximum absolute atomic E-state index is 11.4. The van der Waals surface area contributed by atoms with Crippen LogP contribution in [0.2, 0.25) is 0 Å². The molecule has 20 heavy (non-hydrogen) atoms. The monoisotopic (exact) mass is 276 g/mol. The van der Waals surface area contributed by atoms with Gasteiger partial charge in [0.1, 0.15) is 0 Å². The molecule has 0 N–H and O–H groups in total. The summed E-state index contributed by atoms with van der Waals surface area (Å²) in [5.41, 5.74) is 0.936. The van der Waals surface area contributed by atoms with Gasteiger partial charge in [-0.25, -0.2) is 0 Å². The molecular formula is C15H20N2O3. The molecule has 0 amide bonds. The van der Waals surface area contributed by atoms with E-state index in [1.165, 1.54) is 19.4 Å². The van der Waals surface area contributed by atoms with E-state index >= 15 is 0 Å². The summed E-state index contributed by atoms with van der Waals surface area (Å²) in [6, 6.07) is 4.92. The second-order valence-electron chi connectivity index (χ2n) is 5.35. The van der Waals surface area contributed by atoms with Crippen LogP contribution in [0.4, 0.5) is 11.4 Å². The van der Waals surface area contributed by atoms with Crippen molar-refractivity contribution in [2.45, 2.75) is 33.1 Å². The molecule has 0 aliphatic carbocycles. The van der Waals surface area contributed by atoms with Crippen LogP contribution in [0.25, 0.3) is 0 Å². The zero-order valence-electron chi connectivity index (χ0n) is 12.0. The molecule has 0 aromatic heterocycles. The van der Waals surface area contributed by atoms with Crippen LogP contribution < -0.4 is 4.90 Å². The second kappa shape index (κ2) is 6.03. The SMILES string of the molecule is CCC1CCN(c2ccc(C(C)=O)c([N+](=O)[O-])c2)CC1. The predicted molar refractivity (Wildman–Crippen MR) is 78.3 cm³/mol. The lowest BCUT2D eigenvalue weighted by Crippen LogP contribution is -2.33. The lowest BCUT2D eigenvalue weighted by molar-refractivity contribution is -0.385. The molecule has 1 fully saturated rings. The summed E-state index contributed by atoms with van der Waals surface area (Å²) in [7, 11) is 0. The van der Waals surface area contributed by atoms with Crippen molar-refractivity contribution in [3.8, 4) is 0 Å². The highest BCUT2D eigenvalue weighted by atomic mass is 16.6. The maximum Gasteiger partial charge on any atom is 0.282 e. The molecule has 1 aromatic carbocycles. The molecule has 1 saturated heterocycles. The van der Waals surface area contributed by atoms with E-state index in [9.17, 15) is 14.9 Å². The van der Waals surface area contributed by atoms with Gasteiger partial charge < -0.3 is 4.90 Å². The van der Waals surface area contributed by atoms with Crippen LogP contribution in [-0.4, -0.2) is 23.8 Å². The Morgan fingerprint density at radius 2 is 2.05 bits per heavy atom. The molecule has 5 nitrogen and oxygen atoms in total. The quantitative estimate of drug-likeness (QED) is 0.480. The van der Waals surface area contributed by atoms with Crippen LogP contribution in [0.1, 0.15) is 43.5 Å². The number of ketones is 1. The van der Waals surface area contributed by atoms with Gasteiger partial charge in [-0.15, -0.1) is 0 Å². The second-order valence-corrected chi connectivity index (χ2v) is 5.35. The topological polar surface area (TPSA) is 63.5 Å². The molecule has 1 aliphatic heterocycles. The average molecular weight is 276 g/mol. The van der Waals surface area contributed by atoms with Crippen molar-refractivity contribution in [3.63, 3.8) is 0 Å². The normalized spacial score (nSPS) is 16.2. The predicted octanol–water partition coefficient (Wildman–Crippen LogP) is 3.42. The molecular weight excluding hydrogens is 256 g/mol. The number of carbonyl (C=O) groups excluding carboxylic acids is 1. The number of anilines is 1. The molecule has 1 aliphatic rings. The lowest BCUT2D eigenvalue weighted by atomic mass is 9.94. The number of nitrogens with zero attached hydrogens (tertiary/aromatic N) is 2. The summed E-state index contributed by atoms with van der Waals surface area (Å²) in [5.74, 6) is 0.491. The van der Waals surface area contributed by atoms with Crippen molar-refractivity contribution in [2.24, 2.45) is 5.92 Å². The Hall–Kier alpha value is -1.91. The van der Waals surface area contributed by atoms with E-state index in [-0.39, 0.29) is 17.0 Å². The molecule has 0 saturated carbocycles. The lowest BCUT2D eigenvalue weighted by Gasteiger charge is -2.33. The highest BCUT2D eigenvalue weighted by Gasteiger charge is 2.22. The van der Waals surface area contributed by atoms with E-state index < -0.39 is 4.92 Å². The third-order valence-electron chi connectivity index (χ3n) is 4.11. The Bertz CT molecular complexity index is 520. The van der Waals surface area contributed by atoms with Gasteiger partial charge in [-0.05, 0) is 37.8 Å². The summed E-state index contributed by atoms with van der Waals surface area (Å²) in [4.78, 5) is 24.2. The van der Waals surface area contributed by atoms with Gasteiger partial charge in [-0.1, -0.05) is 13.3 Å². The third kappa shape index (κ3) is 2.98. The van der Waals surface area contributed by atoms with Crippen LogP contribution in [0.5, 0.6) is 0 Å². The van der Waals surface area contributed by atoms with Crippen LogP contribution in [-0.2, 0) is 0 Å². The Morgan fingerprint density at radius 1 is 1.40 bits per heavy atom. The van der Waals surface area contributed by atoms with Crippen LogP contribution in [0, 0.1) is 16.0 Å². The van der Waals surface area contributed by atoms with Crippen molar-refractivity contribution in [3.05, 3.63) is 33.9 Å². The van der Waals surface area contributed by atoms with E-state index in [0.29, 0.717) is 0 Å². The first kappa shape index (κ1) is 14.5. The Kier molecular flexibility index (Phi) is 4.37. The van der Waals surface area contributed by atoms with Crippen molar-refractivity contribution < 1.29 is 9.72 Å². The first-order valence-electron chi connectivity index (χ1n) is 7.07. The molecule has 1 aromatic rings. The Labute approximate surface area is 118 Å². The highest BCUT2D eigenvalue weighted by Crippen LogP contribution is 2.29. The Balaban J connectivity index is 2.24. The molecule has 0 unspecified atom stereocenters. The molecule has 0 spiro atoms. The molecule has 108 valence electrons. The average Bonchev–Trinajstić information content (AvgIpc) is 2.46. The number of nitro groups is 1. The summed E-state index contributed by atoms with van der Waals surface area (Å²) in [6.45, 7) is 5.41. The molecule has 0 radical (unpaired) electrons. The minimum Gasteiger partial charge on any atom is -0.371 e. The van der Waals surface area contributed by atoms with Gasteiger partial charge in [0.05, 0.1) is 10.5 Å². The van der Waals surface area contributed by atoms with Crippen LogP contribution in [0.3, 0.4) is 0 Å². The Morgan fingerprint density at radius 3 is 2.55 bits per heavy atom. The van der Waals surface area contributed by atoms with Gasteiger partial charge in [-0.3, -0.25) is 14.9 Å². The number of carbonyl (C=O) groups is 1. The van der Waals surface area contributed by atoms with Gasteiger partial charge in [0, 0.05) is 24.8 Å². The fourth-order valence-electron chi connectivity index (χ4n) is 2.76. The largest absolute Gasteiger partial charge is 0.371 e. The van der Waals surface area contributed by atoms with Crippen LogP contribution >= 0.6 is 0 Å². The minimum atomic E-state index is -0.473. The summed E-state index contributed by atoms with van der Waals surface area (Å²) < 4.78 is 0. The molecule has 2 rings (SSSR count). The van der Waals surface area contributed by atoms with E-state index in [2.05, 4.69) is 11.8 Å². The summed E-state index contributed by atoms with van der Waals surface area (Å²) in [5, 5.41) is 11.1. The van der Waals surface area contributed by atoms with E-state index in [4.69, 9.17) is 0 Å². The molecule has 5 heteroatoms. The number of hydrogen-bond donors (Lipinski definition) is 0. The summed E-state index contributed by atoms with van der Waals surface area (Å²) >= 11 is 0. The number of benzene rings is 1. The number of Topliss-reactive ketones (excluding diaryl/α,β-unsaturated/α-hetero) is 1. The molecule has 1 heterocycles. The van der Waals surface area contributed by atoms with E-state index in [1.54, 1.807) is 6.07 Å². The third-order valence-corrected chi connectivity index (χ3v) is 4.11. The van der Waals surface area contributed by atoms with Gasteiger partial charge >= 0.3 is 0 Å². The number of rotatable bonds is 4. The highest BCUT2D eigenvalue weighted by molar-refractivity contribution is 5.98. The van der Waals surface area contributed by atoms with Gasteiger partial charge in [-0.2, -0.15) is 0 Å².